The summed E-state index contributed by atoms with van der Waals surface area (Å²) in [5.74, 6) is -3.35. The summed E-state index contributed by atoms with van der Waals surface area (Å²) >= 11 is 0. The van der Waals surface area contributed by atoms with Gasteiger partial charge in [0.2, 0.25) is 10.0 Å². The van der Waals surface area contributed by atoms with E-state index in [1.54, 1.807) is 0 Å². The molecule has 1 heterocycles. The summed E-state index contributed by atoms with van der Waals surface area (Å²) in [5.41, 5.74) is -1.75. The first-order valence-corrected chi connectivity index (χ1v) is 13.4. The SMILES string of the molecule is CC(=O)OCC1O[C@@H](OCCNS(=O)(=O)c2ccc([N+](=O)[O-])cc2[N+](=O)[O-])C(OC(C)=O)[C@@H](OC(C)=O)[C@@H]1OC(C)=O. The number of sulfonamides is 1. The number of benzene rings is 1. The minimum atomic E-state index is -4.60. The lowest BCUT2D eigenvalue weighted by Crippen LogP contribution is -2.63. The van der Waals surface area contributed by atoms with E-state index >= 15 is 0 Å². The van der Waals surface area contributed by atoms with Crippen LogP contribution in [-0.2, 0) is 57.6 Å². The first-order chi connectivity index (χ1) is 19.5. The lowest BCUT2D eigenvalue weighted by atomic mass is 9.98. The van der Waals surface area contributed by atoms with Gasteiger partial charge in [0.1, 0.15) is 12.7 Å². The van der Waals surface area contributed by atoms with Crippen LogP contribution in [-0.4, -0.2) is 92.6 Å². The van der Waals surface area contributed by atoms with Crippen LogP contribution in [0.15, 0.2) is 23.1 Å². The van der Waals surface area contributed by atoms with Crippen LogP contribution in [0.5, 0.6) is 0 Å². The largest absolute Gasteiger partial charge is 0.463 e. The van der Waals surface area contributed by atoms with Crippen LogP contribution in [0.3, 0.4) is 0 Å². The maximum atomic E-state index is 12.7. The van der Waals surface area contributed by atoms with E-state index in [1.165, 1.54) is 0 Å². The molecule has 19 nitrogen and oxygen atoms in total. The standard InChI is InChI=1S/C22H27N3O16S/c1-11(26)37-10-17-19(38-12(2)27)20(39-13(3)28)21(40-14(4)29)22(41-17)36-8-7-23-42(34,35)18-6-5-15(24(30)31)9-16(18)25(32)33/h5-6,9,17,19-23H,7-8,10H2,1-4H3/t17?,19-,20+,21?,22-/m1/s1. The molecule has 2 unspecified atom stereocenters. The van der Waals surface area contributed by atoms with Gasteiger partial charge < -0.3 is 28.4 Å². The van der Waals surface area contributed by atoms with E-state index in [-0.39, 0.29) is 0 Å². The van der Waals surface area contributed by atoms with Gasteiger partial charge in [-0.05, 0) is 6.07 Å². The van der Waals surface area contributed by atoms with Crippen molar-refractivity contribution in [1.29, 1.82) is 0 Å². The molecule has 1 N–H and O–H groups in total. The molecule has 1 saturated heterocycles. The van der Waals surface area contributed by atoms with Crippen LogP contribution in [0.2, 0.25) is 0 Å². The van der Waals surface area contributed by atoms with Gasteiger partial charge in [-0.1, -0.05) is 0 Å². The molecule has 1 aromatic rings. The maximum Gasteiger partial charge on any atom is 0.303 e. The molecule has 0 aliphatic carbocycles. The third-order valence-corrected chi connectivity index (χ3v) is 6.77. The molecule has 0 bridgehead atoms. The average Bonchev–Trinajstić information content (AvgIpc) is 2.87. The summed E-state index contributed by atoms with van der Waals surface area (Å²) in [5, 5.41) is 22.3. The van der Waals surface area contributed by atoms with E-state index in [2.05, 4.69) is 0 Å². The molecule has 1 aliphatic heterocycles. The van der Waals surface area contributed by atoms with Crippen molar-refractivity contribution in [3.05, 3.63) is 38.4 Å². The van der Waals surface area contributed by atoms with Crippen molar-refractivity contribution < 1.29 is 65.9 Å². The second-order valence-electron chi connectivity index (χ2n) is 8.50. The van der Waals surface area contributed by atoms with E-state index in [1.807, 2.05) is 4.72 Å². The zero-order valence-electron chi connectivity index (χ0n) is 22.6. The highest BCUT2D eigenvalue weighted by Crippen LogP contribution is 2.30. The van der Waals surface area contributed by atoms with Crippen LogP contribution in [0, 0.1) is 20.2 Å². The number of hydrogen-bond acceptors (Lipinski definition) is 16. The summed E-state index contributed by atoms with van der Waals surface area (Å²) < 4.78 is 59.3. The van der Waals surface area contributed by atoms with Gasteiger partial charge in [-0.3, -0.25) is 39.4 Å². The van der Waals surface area contributed by atoms with Crippen molar-refractivity contribution >= 4 is 45.3 Å². The van der Waals surface area contributed by atoms with E-state index in [0.717, 1.165) is 33.8 Å². The first-order valence-electron chi connectivity index (χ1n) is 11.9. The summed E-state index contributed by atoms with van der Waals surface area (Å²) in [7, 11) is -4.60. The van der Waals surface area contributed by atoms with Crippen LogP contribution in [0.25, 0.3) is 0 Å². The van der Waals surface area contributed by atoms with Gasteiger partial charge in [0, 0.05) is 40.3 Å². The molecule has 0 aromatic heterocycles. The van der Waals surface area contributed by atoms with E-state index < -0.39 is 110 Å². The Hall–Kier alpha value is -4.27. The number of carbonyl (C=O) groups excluding carboxylic acids is 4. The Morgan fingerprint density at radius 1 is 0.881 bits per heavy atom. The zero-order chi connectivity index (χ0) is 31.8. The number of nitro groups is 2. The van der Waals surface area contributed by atoms with Gasteiger partial charge in [-0.2, -0.15) is 0 Å². The number of rotatable bonds is 13. The quantitative estimate of drug-likeness (QED) is 0.0989. The van der Waals surface area contributed by atoms with Gasteiger partial charge in [0.15, 0.2) is 29.5 Å². The number of carbonyl (C=O) groups is 4. The van der Waals surface area contributed by atoms with Gasteiger partial charge in [-0.15, -0.1) is 0 Å². The smallest absolute Gasteiger partial charge is 0.303 e. The summed E-state index contributed by atoms with van der Waals surface area (Å²) in [6.07, 6.45) is -7.41. The van der Waals surface area contributed by atoms with Gasteiger partial charge in [0.05, 0.1) is 22.5 Å². The van der Waals surface area contributed by atoms with Gasteiger partial charge in [0.25, 0.3) is 11.4 Å². The van der Waals surface area contributed by atoms with E-state index in [9.17, 15) is 47.8 Å². The molecule has 0 spiro atoms. The zero-order valence-corrected chi connectivity index (χ0v) is 23.4. The fourth-order valence-electron chi connectivity index (χ4n) is 3.74. The molecule has 2 rings (SSSR count). The Morgan fingerprint density at radius 3 is 1.98 bits per heavy atom. The number of esters is 4. The monoisotopic (exact) mass is 621 g/mol. The number of hydrogen-bond donors (Lipinski definition) is 1. The Balaban J connectivity index is 2.29. The normalized spacial score (nSPS) is 22.0. The summed E-state index contributed by atoms with van der Waals surface area (Å²) in [6, 6.07) is 1.96. The summed E-state index contributed by atoms with van der Waals surface area (Å²) in [6.45, 7) is 2.56. The predicted octanol–water partition coefficient (Wildman–Crippen LogP) is -0.119. The molecule has 1 fully saturated rings. The van der Waals surface area contributed by atoms with Gasteiger partial charge in [-0.25, -0.2) is 13.1 Å². The first kappa shape index (κ1) is 33.9. The van der Waals surface area contributed by atoms with Crippen LogP contribution >= 0.6 is 0 Å². The number of nitrogens with one attached hydrogen (secondary N) is 1. The number of ether oxygens (including phenoxy) is 6. The molecule has 20 heteroatoms. The van der Waals surface area contributed by atoms with E-state index in [4.69, 9.17) is 28.4 Å². The Kier molecular flexibility index (Phi) is 11.8. The van der Waals surface area contributed by atoms with Crippen molar-refractivity contribution in [3.63, 3.8) is 0 Å². The molecule has 0 saturated carbocycles. The van der Waals surface area contributed by atoms with Crippen LogP contribution in [0.1, 0.15) is 27.7 Å². The maximum absolute atomic E-state index is 12.7. The van der Waals surface area contributed by atoms with Gasteiger partial charge >= 0.3 is 23.9 Å². The van der Waals surface area contributed by atoms with Crippen LogP contribution < -0.4 is 4.72 Å². The van der Waals surface area contributed by atoms with E-state index in [0.29, 0.717) is 12.1 Å². The third kappa shape index (κ3) is 9.39. The lowest BCUT2D eigenvalue weighted by molar-refractivity contribution is -0.396. The van der Waals surface area contributed by atoms with Crippen LogP contribution in [0.4, 0.5) is 11.4 Å². The molecular weight excluding hydrogens is 594 g/mol. The molecule has 5 atom stereocenters. The lowest BCUT2D eigenvalue weighted by Gasteiger charge is -2.44. The summed E-state index contributed by atoms with van der Waals surface area (Å²) in [4.78, 5) is 66.2. The van der Waals surface area contributed by atoms with Crippen molar-refractivity contribution in [1.82, 2.24) is 4.72 Å². The molecule has 1 aliphatic rings. The highest BCUT2D eigenvalue weighted by Gasteiger charge is 2.52. The number of non-ortho nitro benzene ring substituents is 1. The Bertz CT molecular complexity index is 1330. The third-order valence-electron chi connectivity index (χ3n) is 5.26. The molecule has 42 heavy (non-hydrogen) atoms. The molecule has 232 valence electrons. The highest BCUT2D eigenvalue weighted by atomic mass is 32.2. The van der Waals surface area contributed by atoms with Crippen molar-refractivity contribution in [3.8, 4) is 0 Å². The second-order valence-corrected chi connectivity index (χ2v) is 10.2. The van der Waals surface area contributed by atoms with Crippen molar-refractivity contribution in [2.75, 3.05) is 19.8 Å². The second kappa shape index (κ2) is 14.6. The van der Waals surface area contributed by atoms with Crippen molar-refractivity contribution in [2.45, 2.75) is 63.3 Å². The fraction of sp³-hybridized carbons (Fsp3) is 0.545. The molecular formula is C22H27N3O16S. The Labute approximate surface area is 237 Å². The number of nitrogens with zero attached hydrogens (tertiary/aromatic N) is 2. The minimum Gasteiger partial charge on any atom is -0.463 e. The fourth-order valence-corrected chi connectivity index (χ4v) is 4.90. The van der Waals surface area contributed by atoms with Crippen molar-refractivity contribution in [2.24, 2.45) is 0 Å². The average molecular weight is 622 g/mol. The predicted molar refractivity (Wildman–Crippen MR) is 133 cm³/mol. The number of nitro benzene ring substituents is 2. The molecule has 0 amide bonds. The highest BCUT2D eigenvalue weighted by molar-refractivity contribution is 7.89. The topological polar surface area (TPSA) is 256 Å². The molecule has 1 aromatic carbocycles. The minimum absolute atomic E-state index is 0.489. The Morgan fingerprint density at radius 2 is 1.45 bits per heavy atom. The molecule has 0 radical (unpaired) electrons.